The second-order valence-electron chi connectivity index (χ2n) is 4.79. The van der Waals surface area contributed by atoms with Crippen molar-refractivity contribution in [2.24, 2.45) is 0 Å². The molecule has 0 bridgehead atoms. The van der Waals surface area contributed by atoms with E-state index in [0.717, 1.165) is 10.6 Å². The zero-order valence-corrected chi connectivity index (χ0v) is 12.4. The Morgan fingerprint density at radius 2 is 1.95 bits per heavy atom. The van der Waals surface area contributed by atoms with E-state index in [-0.39, 0.29) is 18.2 Å². The minimum atomic E-state index is -0.0523. The molecule has 19 heavy (non-hydrogen) atoms. The van der Waals surface area contributed by atoms with Crippen LogP contribution in [0.1, 0.15) is 13.8 Å². The summed E-state index contributed by atoms with van der Waals surface area (Å²) in [5.41, 5.74) is 0.867. The summed E-state index contributed by atoms with van der Waals surface area (Å²) in [6.07, 6.45) is 2.18. The van der Waals surface area contributed by atoms with Crippen LogP contribution in [0.4, 0.5) is 10.5 Å². The number of thioether (sulfide) groups is 1. The molecule has 1 fully saturated rings. The molecule has 1 saturated heterocycles. The highest BCUT2D eigenvalue weighted by Gasteiger charge is 2.26. The van der Waals surface area contributed by atoms with Gasteiger partial charge in [0.1, 0.15) is 0 Å². The molecule has 2 rings (SSSR count). The largest absolute Gasteiger partial charge is 0.372 e. The first-order valence-corrected chi connectivity index (χ1v) is 7.67. The molecule has 1 aliphatic rings. The van der Waals surface area contributed by atoms with Crippen LogP contribution in [0.15, 0.2) is 29.2 Å². The second-order valence-corrected chi connectivity index (χ2v) is 5.64. The minimum Gasteiger partial charge on any atom is -0.372 e. The SMILES string of the molecule is CSc1ccccc1NC(=O)N1C[C@@H](C)O[C@H](C)C1. The highest BCUT2D eigenvalue weighted by molar-refractivity contribution is 7.98. The van der Waals surface area contributed by atoms with Gasteiger partial charge in [-0.15, -0.1) is 11.8 Å². The van der Waals surface area contributed by atoms with Gasteiger partial charge in [0.15, 0.2) is 0 Å². The fourth-order valence-corrected chi connectivity index (χ4v) is 2.84. The molecule has 0 aromatic heterocycles. The number of hydrogen-bond acceptors (Lipinski definition) is 3. The van der Waals surface area contributed by atoms with Crippen molar-refractivity contribution in [2.45, 2.75) is 31.0 Å². The third-order valence-corrected chi connectivity index (χ3v) is 3.85. The number of benzene rings is 1. The lowest BCUT2D eigenvalue weighted by molar-refractivity contribution is -0.0530. The number of anilines is 1. The molecule has 0 saturated carbocycles. The molecule has 0 spiro atoms. The van der Waals surface area contributed by atoms with Crippen LogP contribution < -0.4 is 5.32 Å². The van der Waals surface area contributed by atoms with Crippen molar-refractivity contribution in [3.8, 4) is 0 Å². The zero-order valence-electron chi connectivity index (χ0n) is 11.6. The number of carbonyl (C=O) groups excluding carboxylic acids is 1. The van der Waals surface area contributed by atoms with Crippen molar-refractivity contribution in [3.63, 3.8) is 0 Å². The molecular weight excluding hydrogens is 260 g/mol. The number of carbonyl (C=O) groups is 1. The second kappa shape index (κ2) is 6.30. The summed E-state index contributed by atoms with van der Waals surface area (Å²) in [5.74, 6) is 0. The topological polar surface area (TPSA) is 41.6 Å². The maximum atomic E-state index is 12.3. The maximum absolute atomic E-state index is 12.3. The first-order valence-electron chi connectivity index (χ1n) is 6.44. The van der Waals surface area contributed by atoms with Gasteiger partial charge < -0.3 is 15.0 Å². The van der Waals surface area contributed by atoms with Gasteiger partial charge in [-0.3, -0.25) is 0 Å². The van der Waals surface area contributed by atoms with Crippen LogP contribution >= 0.6 is 11.8 Å². The van der Waals surface area contributed by atoms with Gasteiger partial charge in [0.2, 0.25) is 0 Å². The third-order valence-electron chi connectivity index (χ3n) is 3.06. The average molecular weight is 280 g/mol. The maximum Gasteiger partial charge on any atom is 0.322 e. The van der Waals surface area contributed by atoms with Gasteiger partial charge in [-0.05, 0) is 32.2 Å². The Bertz CT molecular complexity index is 443. The van der Waals surface area contributed by atoms with Crippen molar-refractivity contribution in [1.82, 2.24) is 4.90 Å². The number of urea groups is 1. The predicted molar refractivity (Wildman–Crippen MR) is 78.8 cm³/mol. The fourth-order valence-electron chi connectivity index (χ4n) is 2.29. The number of rotatable bonds is 2. The quantitative estimate of drug-likeness (QED) is 0.847. The first-order chi connectivity index (χ1) is 9.10. The van der Waals surface area contributed by atoms with E-state index in [1.54, 1.807) is 11.8 Å². The molecule has 2 amide bonds. The summed E-state index contributed by atoms with van der Waals surface area (Å²) >= 11 is 1.63. The van der Waals surface area contributed by atoms with Gasteiger partial charge >= 0.3 is 6.03 Å². The van der Waals surface area contributed by atoms with Crippen molar-refractivity contribution in [2.75, 3.05) is 24.7 Å². The molecule has 0 unspecified atom stereocenters. The number of ether oxygens (including phenoxy) is 1. The molecule has 1 aromatic carbocycles. The van der Waals surface area contributed by atoms with Crippen molar-refractivity contribution in [3.05, 3.63) is 24.3 Å². The van der Waals surface area contributed by atoms with E-state index in [0.29, 0.717) is 13.1 Å². The van der Waals surface area contributed by atoms with Crippen LogP contribution in [0.25, 0.3) is 0 Å². The third kappa shape index (κ3) is 3.64. The molecule has 4 nitrogen and oxygen atoms in total. The number of morpholine rings is 1. The fraction of sp³-hybridized carbons (Fsp3) is 0.500. The lowest BCUT2D eigenvalue weighted by Gasteiger charge is -2.35. The molecule has 1 aromatic rings. The van der Waals surface area contributed by atoms with Crippen molar-refractivity contribution in [1.29, 1.82) is 0 Å². The summed E-state index contributed by atoms with van der Waals surface area (Å²) in [6.45, 7) is 5.26. The number of nitrogens with one attached hydrogen (secondary N) is 1. The van der Waals surface area contributed by atoms with Crippen molar-refractivity contribution < 1.29 is 9.53 Å². The van der Waals surface area contributed by atoms with Gasteiger partial charge in [-0.25, -0.2) is 4.79 Å². The highest BCUT2D eigenvalue weighted by atomic mass is 32.2. The molecule has 1 aliphatic heterocycles. The van der Waals surface area contributed by atoms with E-state index < -0.39 is 0 Å². The van der Waals surface area contributed by atoms with Gasteiger partial charge in [0.25, 0.3) is 0 Å². The lowest BCUT2D eigenvalue weighted by Crippen LogP contribution is -2.49. The molecule has 5 heteroatoms. The number of amides is 2. The summed E-state index contributed by atoms with van der Waals surface area (Å²) in [7, 11) is 0. The Balaban J connectivity index is 2.04. The van der Waals surface area contributed by atoms with E-state index in [4.69, 9.17) is 4.74 Å². The van der Waals surface area contributed by atoms with Crippen LogP contribution in [-0.4, -0.2) is 42.5 Å². The molecule has 0 aliphatic carbocycles. The standard InChI is InChI=1S/C14H20N2O2S/c1-10-8-16(9-11(2)18-10)14(17)15-12-6-4-5-7-13(12)19-3/h4-7,10-11H,8-9H2,1-3H3,(H,15,17)/t10-,11-/m1/s1. The Morgan fingerprint density at radius 3 is 2.58 bits per heavy atom. The van der Waals surface area contributed by atoms with Gasteiger partial charge in [0.05, 0.1) is 17.9 Å². The first kappa shape index (κ1) is 14.2. The van der Waals surface area contributed by atoms with Crippen molar-refractivity contribution >= 4 is 23.5 Å². The molecular formula is C14H20N2O2S. The van der Waals surface area contributed by atoms with Gasteiger partial charge in [-0.1, -0.05) is 12.1 Å². The molecule has 1 N–H and O–H groups in total. The van der Waals surface area contributed by atoms with Gasteiger partial charge in [0, 0.05) is 18.0 Å². The van der Waals surface area contributed by atoms with E-state index in [1.165, 1.54) is 0 Å². The Morgan fingerprint density at radius 1 is 1.32 bits per heavy atom. The number of nitrogens with zero attached hydrogens (tertiary/aromatic N) is 1. The summed E-state index contributed by atoms with van der Waals surface area (Å²) in [6, 6.07) is 7.78. The smallest absolute Gasteiger partial charge is 0.322 e. The monoisotopic (exact) mass is 280 g/mol. The molecule has 104 valence electrons. The lowest BCUT2D eigenvalue weighted by atomic mass is 10.2. The van der Waals surface area contributed by atoms with Crippen LogP contribution in [0.5, 0.6) is 0 Å². The minimum absolute atomic E-state index is 0.0523. The van der Waals surface area contributed by atoms with E-state index in [9.17, 15) is 4.79 Å². The summed E-state index contributed by atoms with van der Waals surface area (Å²) in [4.78, 5) is 15.2. The summed E-state index contributed by atoms with van der Waals surface area (Å²) in [5, 5.41) is 2.98. The number of hydrogen-bond donors (Lipinski definition) is 1. The average Bonchev–Trinajstić information content (AvgIpc) is 2.38. The van der Waals surface area contributed by atoms with E-state index in [1.807, 2.05) is 49.3 Å². The molecule has 0 radical (unpaired) electrons. The van der Waals surface area contributed by atoms with Crippen LogP contribution in [0.2, 0.25) is 0 Å². The summed E-state index contributed by atoms with van der Waals surface area (Å²) < 4.78 is 5.64. The Labute approximate surface area is 118 Å². The van der Waals surface area contributed by atoms with Gasteiger partial charge in [-0.2, -0.15) is 0 Å². The molecule has 2 atom stereocenters. The Hall–Kier alpha value is -1.20. The van der Waals surface area contributed by atoms with Crippen LogP contribution in [0.3, 0.4) is 0 Å². The van der Waals surface area contributed by atoms with E-state index in [2.05, 4.69) is 5.32 Å². The molecule has 1 heterocycles. The normalized spacial score (nSPS) is 23.2. The van der Waals surface area contributed by atoms with Crippen LogP contribution in [0, 0.1) is 0 Å². The highest BCUT2D eigenvalue weighted by Crippen LogP contribution is 2.25. The van der Waals surface area contributed by atoms with Crippen LogP contribution in [-0.2, 0) is 4.74 Å². The number of para-hydroxylation sites is 1. The van der Waals surface area contributed by atoms with E-state index >= 15 is 0 Å². The predicted octanol–water partition coefficient (Wildman–Crippen LogP) is 3.05. The zero-order chi connectivity index (χ0) is 13.8. The Kier molecular flexibility index (Phi) is 4.71.